The van der Waals surface area contributed by atoms with Crippen molar-refractivity contribution in [2.75, 3.05) is 13.1 Å². The highest BCUT2D eigenvalue weighted by molar-refractivity contribution is 7.10. The van der Waals surface area contributed by atoms with Crippen LogP contribution in [0, 0.1) is 11.3 Å². The third-order valence-corrected chi connectivity index (χ3v) is 7.52. The number of fused-ring (bicyclic) bond motifs is 1. The van der Waals surface area contributed by atoms with Gasteiger partial charge in [0.15, 0.2) is 0 Å². The fourth-order valence-corrected chi connectivity index (χ4v) is 5.65. The van der Waals surface area contributed by atoms with Gasteiger partial charge < -0.3 is 10.0 Å². The Hall–Kier alpha value is -2.14. The quantitative estimate of drug-likeness (QED) is 0.850. The van der Waals surface area contributed by atoms with Crippen LogP contribution in [0.25, 0.3) is 0 Å². The van der Waals surface area contributed by atoms with Gasteiger partial charge in [-0.15, -0.1) is 11.3 Å². The Morgan fingerprint density at radius 2 is 2.07 bits per heavy atom. The lowest BCUT2D eigenvalue weighted by molar-refractivity contribution is -0.152. The number of aliphatic carboxylic acids is 1. The molecule has 3 atom stereocenters. The molecule has 142 valence electrons. The number of carbonyl (C=O) groups excluding carboxylic acids is 1. The molecule has 1 N–H and O–H groups in total. The van der Waals surface area contributed by atoms with Crippen LogP contribution in [0.4, 0.5) is 0 Å². The maximum Gasteiger partial charge on any atom is 0.311 e. The Bertz CT molecular complexity index is 846. The number of rotatable bonds is 4. The van der Waals surface area contributed by atoms with Gasteiger partial charge in [-0.2, -0.15) is 0 Å². The molecule has 0 radical (unpaired) electrons. The number of hydrogen-bond acceptors (Lipinski definition) is 3. The standard InChI is InChI=1S/C22H25NO3S/c1-2-19-11-17(13-27-19)20(24)23-12-18-10-16(15-6-4-3-5-7-15)8-9-22(18,14-23)21(25)26/h3-7,11,13,16,18H,2,8-10,12,14H2,1H3,(H,25,26)/t16-,18-,22-/m0/s1. The molecule has 0 bridgehead atoms. The van der Waals surface area contributed by atoms with E-state index in [1.54, 1.807) is 16.2 Å². The minimum absolute atomic E-state index is 0.0159. The molecular weight excluding hydrogens is 358 g/mol. The van der Waals surface area contributed by atoms with E-state index in [0.29, 0.717) is 31.0 Å². The highest BCUT2D eigenvalue weighted by Gasteiger charge is 2.55. The molecule has 1 aromatic carbocycles. The van der Waals surface area contributed by atoms with E-state index in [0.717, 1.165) is 19.3 Å². The van der Waals surface area contributed by atoms with Crippen molar-refractivity contribution in [3.05, 3.63) is 57.8 Å². The minimum atomic E-state index is -0.787. The van der Waals surface area contributed by atoms with Gasteiger partial charge in [0.25, 0.3) is 5.91 Å². The van der Waals surface area contributed by atoms with Gasteiger partial charge in [-0.3, -0.25) is 9.59 Å². The maximum absolute atomic E-state index is 13.0. The monoisotopic (exact) mass is 383 g/mol. The second kappa shape index (κ2) is 7.12. The molecule has 1 aromatic heterocycles. The van der Waals surface area contributed by atoms with Crippen molar-refractivity contribution < 1.29 is 14.7 Å². The summed E-state index contributed by atoms with van der Waals surface area (Å²) < 4.78 is 0. The van der Waals surface area contributed by atoms with E-state index >= 15 is 0 Å². The van der Waals surface area contributed by atoms with Crippen molar-refractivity contribution in [2.24, 2.45) is 11.3 Å². The summed E-state index contributed by atoms with van der Waals surface area (Å²) in [5.41, 5.74) is 1.20. The molecule has 2 aromatic rings. The van der Waals surface area contributed by atoms with Crippen molar-refractivity contribution in [1.82, 2.24) is 4.90 Å². The highest BCUT2D eigenvalue weighted by atomic mass is 32.1. The number of carboxylic acid groups (broad SMARTS) is 1. The van der Waals surface area contributed by atoms with Crippen molar-refractivity contribution in [1.29, 1.82) is 0 Å². The largest absolute Gasteiger partial charge is 0.481 e. The van der Waals surface area contributed by atoms with Crippen molar-refractivity contribution >= 4 is 23.2 Å². The van der Waals surface area contributed by atoms with Crippen LogP contribution in [0.15, 0.2) is 41.8 Å². The lowest BCUT2D eigenvalue weighted by atomic mass is 9.64. The van der Waals surface area contributed by atoms with Crippen LogP contribution < -0.4 is 0 Å². The zero-order valence-electron chi connectivity index (χ0n) is 15.6. The van der Waals surface area contributed by atoms with Gasteiger partial charge in [0.05, 0.1) is 11.0 Å². The van der Waals surface area contributed by atoms with Gasteiger partial charge in [-0.05, 0) is 49.1 Å². The molecule has 4 nitrogen and oxygen atoms in total. The molecule has 1 amide bonds. The van der Waals surface area contributed by atoms with Gasteiger partial charge in [-0.1, -0.05) is 37.3 Å². The lowest BCUT2D eigenvalue weighted by Crippen LogP contribution is -2.43. The molecular formula is C22H25NO3S. The zero-order chi connectivity index (χ0) is 19.0. The molecule has 5 heteroatoms. The summed E-state index contributed by atoms with van der Waals surface area (Å²) >= 11 is 1.60. The summed E-state index contributed by atoms with van der Waals surface area (Å²) in [6, 6.07) is 12.3. The Morgan fingerprint density at radius 1 is 1.30 bits per heavy atom. The van der Waals surface area contributed by atoms with Gasteiger partial charge in [0.2, 0.25) is 0 Å². The first-order chi connectivity index (χ1) is 13.0. The number of thiophene rings is 1. The molecule has 1 saturated heterocycles. The van der Waals surface area contributed by atoms with Gasteiger partial charge in [0, 0.05) is 23.3 Å². The summed E-state index contributed by atoms with van der Waals surface area (Å²) in [6.07, 6.45) is 3.26. The Balaban J connectivity index is 1.56. The van der Waals surface area contributed by atoms with Gasteiger partial charge in [0.1, 0.15) is 0 Å². The number of likely N-dealkylation sites (tertiary alicyclic amines) is 1. The second-order valence-electron chi connectivity index (χ2n) is 7.88. The van der Waals surface area contributed by atoms with Crippen LogP contribution in [0.2, 0.25) is 0 Å². The number of carboxylic acids is 1. The Morgan fingerprint density at radius 3 is 2.74 bits per heavy atom. The molecule has 4 rings (SSSR count). The first-order valence-electron chi connectivity index (χ1n) is 9.68. The van der Waals surface area contributed by atoms with Crippen LogP contribution >= 0.6 is 11.3 Å². The third-order valence-electron chi connectivity index (χ3n) is 6.44. The number of hydrogen-bond donors (Lipinski definition) is 1. The third kappa shape index (κ3) is 3.18. The molecule has 2 aliphatic rings. The first-order valence-corrected chi connectivity index (χ1v) is 10.6. The molecule has 1 aliphatic carbocycles. The Labute approximate surface area is 163 Å². The van der Waals surface area contributed by atoms with E-state index in [-0.39, 0.29) is 11.8 Å². The topological polar surface area (TPSA) is 57.6 Å². The predicted molar refractivity (Wildman–Crippen MR) is 106 cm³/mol. The smallest absolute Gasteiger partial charge is 0.311 e. The van der Waals surface area contributed by atoms with E-state index in [2.05, 4.69) is 19.1 Å². The van der Waals surface area contributed by atoms with Crippen molar-refractivity contribution in [2.45, 2.75) is 38.5 Å². The predicted octanol–water partition coefficient (Wildman–Crippen LogP) is 4.42. The van der Waals surface area contributed by atoms with Gasteiger partial charge in [-0.25, -0.2) is 0 Å². The summed E-state index contributed by atoms with van der Waals surface area (Å²) in [5.74, 6) is -0.361. The van der Waals surface area contributed by atoms with Crippen molar-refractivity contribution in [3.63, 3.8) is 0 Å². The highest BCUT2D eigenvalue weighted by Crippen LogP contribution is 2.51. The molecule has 2 fully saturated rings. The average Bonchev–Trinajstić information content (AvgIpc) is 3.33. The lowest BCUT2D eigenvalue weighted by Gasteiger charge is -2.38. The summed E-state index contributed by atoms with van der Waals surface area (Å²) in [5, 5.41) is 11.9. The summed E-state index contributed by atoms with van der Waals surface area (Å²) in [6.45, 7) is 2.96. The Kier molecular flexibility index (Phi) is 4.81. The molecule has 0 spiro atoms. The number of nitrogens with zero attached hydrogens (tertiary/aromatic N) is 1. The maximum atomic E-state index is 13.0. The van der Waals surface area contributed by atoms with Crippen LogP contribution in [0.5, 0.6) is 0 Å². The first kappa shape index (κ1) is 18.2. The average molecular weight is 384 g/mol. The minimum Gasteiger partial charge on any atom is -0.481 e. The molecule has 1 saturated carbocycles. The van der Waals surface area contributed by atoms with Gasteiger partial charge >= 0.3 is 5.97 Å². The fraction of sp³-hybridized carbons (Fsp3) is 0.455. The van der Waals surface area contributed by atoms with E-state index in [4.69, 9.17) is 0 Å². The number of aryl methyl sites for hydroxylation is 1. The van der Waals surface area contributed by atoms with E-state index < -0.39 is 11.4 Å². The SMILES string of the molecule is CCc1cc(C(=O)N2C[C@@H]3C[C@@H](c4ccccc4)CC[C@]3(C(=O)O)C2)cs1. The van der Waals surface area contributed by atoms with E-state index in [1.165, 1.54) is 10.4 Å². The summed E-state index contributed by atoms with van der Waals surface area (Å²) in [7, 11) is 0. The molecule has 0 unspecified atom stereocenters. The van der Waals surface area contributed by atoms with Crippen LogP contribution in [0.1, 0.15) is 52.9 Å². The summed E-state index contributed by atoms with van der Waals surface area (Å²) in [4.78, 5) is 28.2. The molecule has 27 heavy (non-hydrogen) atoms. The molecule has 1 aliphatic heterocycles. The van der Waals surface area contributed by atoms with Crippen LogP contribution in [-0.4, -0.2) is 35.0 Å². The number of amides is 1. The van der Waals surface area contributed by atoms with Crippen molar-refractivity contribution in [3.8, 4) is 0 Å². The fourth-order valence-electron chi connectivity index (χ4n) is 4.84. The molecule has 2 heterocycles. The van der Waals surface area contributed by atoms with Crippen LogP contribution in [-0.2, 0) is 11.2 Å². The number of benzene rings is 1. The van der Waals surface area contributed by atoms with E-state index in [1.807, 2.05) is 29.6 Å². The normalized spacial score (nSPS) is 27.4. The zero-order valence-corrected chi connectivity index (χ0v) is 16.4. The van der Waals surface area contributed by atoms with Crippen LogP contribution in [0.3, 0.4) is 0 Å². The van der Waals surface area contributed by atoms with E-state index in [9.17, 15) is 14.7 Å². The number of carbonyl (C=O) groups is 2. The second-order valence-corrected chi connectivity index (χ2v) is 8.88.